The minimum atomic E-state index is -0.359. The van der Waals surface area contributed by atoms with Crippen LogP contribution in [0.1, 0.15) is 34.5 Å². The number of amides is 1. The van der Waals surface area contributed by atoms with E-state index in [9.17, 15) is 14.9 Å². The van der Waals surface area contributed by atoms with Gasteiger partial charge in [-0.2, -0.15) is 0 Å². The Morgan fingerprint density at radius 1 is 0.970 bits per heavy atom. The number of aryl methyl sites for hydroxylation is 1. The first-order chi connectivity index (χ1) is 15.9. The van der Waals surface area contributed by atoms with Gasteiger partial charge in [-0.3, -0.25) is 14.9 Å². The van der Waals surface area contributed by atoms with Gasteiger partial charge in [-0.25, -0.2) is 0 Å². The highest BCUT2D eigenvalue weighted by Crippen LogP contribution is 2.33. The number of hydrogen-bond acceptors (Lipinski definition) is 5. The van der Waals surface area contributed by atoms with Gasteiger partial charge in [0.15, 0.2) is 0 Å². The lowest BCUT2D eigenvalue weighted by Gasteiger charge is -2.36. The molecule has 0 saturated carbocycles. The number of carbonyl (C=O) groups excluding carboxylic acids is 1. The van der Waals surface area contributed by atoms with Gasteiger partial charge in [-0.1, -0.05) is 48.0 Å². The average Bonchev–Trinajstić information content (AvgIpc) is 2.84. The number of nitrogens with zero attached hydrogens (tertiary/aromatic N) is 3. The molecule has 0 aliphatic carbocycles. The zero-order valence-electron chi connectivity index (χ0n) is 18.9. The molecule has 1 fully saturated rings. The van der Waals surface area contributed by atoms with Crippen LogP contribution in [-0.2, 0) is 0 Å². The maximum Gasteiger partial charge on any atom is 0.292 e. The molecule has 1 aliphatic heterocycles. The second kappa shape index (κ2) is 9.73. The maximum atomic E-state index is 12.8. The van der Waals surface area contributed by atoms with Crippen LogP contribution in [0.3, 0.4) is 0 Å². The molecule has 1 heterocycles. The van der Waals surface area contributed by atoms with Crippen LogP contribution in [0.2, 0.25) is 0 Å². The summed E-state index contributed by atoms with van der Waals surface area (Å²) in [5, 5.41) is 14.9. The maximum absolute atomic E-state index is 12.8. The van der Waals surface area contributed by atoms with Gasteiger partial charge in [0.2, 0.25) is 0 Å². The van der Waals surface area contributed by atoms with Crippen LogP contribution in [0.15, 0.2) is 72.8 Å². The number of anilines is 2. The molecule has 7 nitrogen and oxygen atoms in total. The molecule has 170 valence electrons. The number of nitro benzene ring substituents is 1. The Balaban J connectivity index is 1.47. The number of benzene rings is 3. The van der Waals surface area contributed by atoms with Crippen LogP contribution in [0.5, 0.6) is 0 Å². The predicted octanol–water partition coefficient (Wildman–Crippen LogP) is 5.04. The molecule has 0 bridgehead atoms. The van der Waals surface area contributed by atoms with Gasteiger partial charge in [0.05, 0.1) is 4.92 Å². The minimum Gasteiger partial charge on any atom is -0.373 e. The monoisotopic (exact) mass is 444 g/mol. The van der Waals surface area contributed by atoms with E-state index in [-0.39, 0.29) is 22.6 Å². The van der Waals surface area contributed by atoms with Crippen molar-refractivity contribution < 1.29 is 9.72 Å². The van der Waals surface area contributed by atoms with E-state index in [1.54, 1.807) is 12.1 Å². The summed E-state index contributed by atoms with van der Waals surface area (Å²) < 4.78 is 0. The Morgan fingerprint density at radius 3 is 2.36 bits per heavy atom. The van der Waals surface area contributed by atoms with Crippen molar-refractivity contribution in [2.75, 3.05) is 36.4 Å². The summed E-state index contributed by atoms with van der Waals surface area (Å²) in [6, 6.07) is 22.6. The molecule has 1 saturated heterocycles. The van der Waals surface area contributed by atoms with E-state index in [0.29, 0.717) is 37.4 Å². The molecule has 0 radical (unpaired) electrons. The summed E-state index contributed by atoms with van der Waals surface area (Å²) >= 11 is 0. The third-order valence-electron chi connectivity index (χ3n) is 6.05. The third kappa shape index (κ3) is 5.14. The Kier molecular flexibility index (Phi) is 6.58. The zero-order valence-corrected chi connectivity index (χ0v) is 18.9. The summed E-state index contributed by atoms with van der Waals surface area (Å²) in [5.41, 5.74) is 4.28. The largest absolute Gasteiger partial charge is 0.373 e. The lowest BCUT2D eigenvalue weighted by molar-refractivity contribution is -0.384. The Labute approximate surface area is 193 Å². The van der Waals surface area contributed by atoms with Crippen LogP contribution in [0, 0.1) is 17.0 Å². The van der Waals surface area contributed by atoms with Gasteiger partial charge < -0.3 is 15.1 Å². The summed E-state index contributed by atoms with van der Waals surface area (Å²) in [4.78, 5) is 28.1. The molecule has 1 amide bonds. The van der Waals surface area contributed by atoms with Crippen molar-refractivity contribution in [3.63, 3.8) is 0 Å². The third-order valence-corrected chi connectivity index (χ3v) is 6.05. The molecule has 1 atom stereocenters. The summed E-state index contributed by atoms with van der Waals surface area (Å²) in [5.74, 6) is 0.0427. The van der Waals surface area contributed by atoms with Crippen molar-refractivity contribution in [1.82, 2.24) is 4.90 Å². The SMILES string of the molecule is Cc1cccc(C(=O)N2CCN(c3ccc([N+](=O)[O-])c(N[C@H](C)c4ccccc4)c3)CC2)c1. The summed E-state index contributed by atoms with van der Waals surface area (Å²) in [6.45, 7) is 6.51. The molecular weight excluding hydrogens is 416 g/mol. The summed E-state index contributed by atoms with van der Waals surface area (Å²) in [6.07, 6.45) is 0. The number of nitro groups is 1. The van der Waals surface area contributed by atoms with Gasteiger partial charge in [0.25, 0.3) is 11.6 Å². The van der Waals surface area contributed by atoms with Crippen LogP contribution >= 0.6 is 0 Å². The number of piperazine rings is 1. The number of rotatable bonds is 6. The number of carbonyl (C=O) groups is 1. The van der Waals surface area contributed by atoms with E-state index in [2.05, 4.69) is 10.2 Å². The smallest absolute Gasteiger partial charge is 0.292 e. The fraction of sp³-hybridized carbons (Fsp3) is 0.269. The van der Waals surface area contributed by atoms with Crippen LogP contribution in [0.4, 0.5) is 17.1 Å². The second-order valence-electron chi connectivity index (χ2n) is 8.38. The lowest BCUT2D eigenvalue weighted by atomic mass is 10.1. The molecule has 1 aliphatic rings. The fourth-order valence-electron chi connectivity index (χ4n) is 4.18. The molecule has 0 aromatic heterocycles. The first-order valence-corrected chi connectivity index (χ1v) is 11.1. The highest BCUT2D eigenvalue weighted by atomic mass is 16.6. The van der Waals surface area contributed by atoms with Crippen molar-refractivity contribution >= 4 is 23.0 Å². The Morgan fingerprint density at radius 2 is 1.70 bits per heavy atom. The molecule has 3 aromatic rings. The van der Waals surface area contributed by atoms with E-state index < -0.39 is 0 Å². The highest BCUT2D eigenvalue weighted by molar-refractivity contribution is 5.94. The summed E-state index contributed by atoms with van der Waals surface area (Å²) in [7, 11) is 0. The molecule has 33 heavy (non-hydrogen) atoms. The Hall–Kier alpha value is -3.87. The second-order valence-corrected chi connectivity index (χ2v) is 8.38. The van der Waals surface area contributed by atoms with Gasteiger partial charge in [0, 0.05) is 49.5 Å². The van der Waals surface area contributed by atoms with Gasteiger partial charge in [-0.05, 0) is 43.7 Å². The first-order valence-electron chi connectivity index (χ1n) is 11.1. The molecule has 0 spiro atoms. The van der Waals surface area contributed by atoms with Gasteiger partial charge in [-0.15, -0.1) is 0 Å². The fourth-order valence-corrected chi connectivity index (χ4v) is 4.18. The number of nitrogens with one attached hydrogen (secondary N) is 1. The zero-order chi connectivity index (χ0) is 23.4. The van der Waals surface area contributed by atoms with E-state index in [4.69, 9.17) is 0 Å². The van der Waals surface area contributed by atoms with Crippen LogP contribution in [0.25, 0.3) is 0 Å². The van der Waals surface area contributed by atoms with Crippen LogP contribution < -0.4 is 10.2 Å². The average molecular weight is 445 g/mol. The molecule has 3 aromatic carbocycles. The molecule has 0 unspecified atom stereocenters. The Bertz CT molecular complexity index is 1140. The molecular formula is C26H28N4O3. The predicted molar refractivity (Wildman–Crippen MR) is 131 cm³/mol. The van der Waals surface area contributed by atoms with Crippen molar-refractivity contribution in [3.05, 3.63) is 99.6 Å². The van der Waals surface area contributed by atoms with Crippen molar-refractivity contribution in [3.8, 4) is 0 Å². The van der Waals surface area contributed by atoms with Crippen molar-refractivity contribution in [2.24, 2.45) is 0 Å². The lowest BCUT2D eigenvalue weighted by Crippen LogP contribution is -2.48. The highest BCUT2D eigenvalue weighted by Gasteiger charge is 2.24. The minimum absolute atomic E-state index is 0.0427. The van der Waals surface area contributed by atoms with Gasteiger partial charge in [0.1, 0.15) is 5.69 Å². The van der Waals surface area contributed by atoms with E-state index in [1.807, 2.05) is 79.4 Å². The standard InChI is InChI=1S/C26H28N4O3/c1-19-7-6-10-22(17-19)26(31)29-15-13-28(14-16-29)23-11-12-25(30(32)33)24(18-23)27-20(2)21-8-4-3-5-9-21/h3-12,17-18,20,27H,13-16H2,1-2H3/t20-/m1/s1. The van der Waals surface area contributed by atoms with E-state index >= 15 is 0 Å². The molecule has 4 rings (SSSR count). The van der Waals surface area contributed by atoms with Crippen molar-refractivity contribution in [2.45, 2.75) is 19.9 Å². The topological polar surface area (TPSA) is 78.7 Å². The van der Waals surface area contributed by atoms with Crippen molar-refractivity contribution in [1.29, 1.82) is 0 Å². The van der Waals surface area contributed by atoms with E-state index in [0.717, 1.165) is 16.8 Å². The molecule has 7 heteroatoms. The normalized spacial score (nSPS) is 14.6. The van der Waals surface area contributed by atoms with E-state index in [1.165, 1.54) is 0 Å². The molecule has 1 N–H and O–H groups in total. The first kappa shape index (κ1) is 22.3. The number of hydrogen-bond donors (Lipinski definition) is 1. The van der Waals surface area contributed by atoms with Crippen LogP contribution in [-0.4, -0.2) is 41.9 Å². The quantitative estimate of drug-likeness (QED) is 0.426. The van der Waals surface area contributed by atoms with Gasteiger partial charge >= 0.3 is 0 Å².